The van der Waals surface area contributed by atoms with Crippen LogP contribution in [0.1, 0.15) is 63.1 Å². The average molecular weight is 571 g/mol. The highest BCUT2D eigenvalue weighted by atomic mass is 16.2. The molecule has 0 spiro atoms. The number of H-pyrrole nitrogens is 1. The van der Waals surface area contributed by atoms with Crippen LogP contribution in [0.4, 0.5) is 10.5 Å². The van der Waals surface area contributed by atoms with Crippen LogP contribution in [-0.2, 0) is 22.7 Å². The molecule has 9 heteroatoms. The van der Waals surface area contributed by atoms with Crippen molar-refractivity contribution in [2.45, 2.75) is 72.5 Å². The number of carbonyl (C=O) groups excluding carboxylic acids is 3. The number of nitrogens with zero attached hydrogens (tertiary/aromatic N) is 4. The number of benzene rings is 2. The Labute approximate surface area is 248 Å². The molecule has 1 saturated heterocycles. The quantitative estimate of drug-likeness (QED) is 0.376. The molecular weight excluding hydrogens is 528 g/mol. The molecule has 4 amide bonds. The van der Waals surface area contributed by atoms with Gasteiger partial charge < -0.3 is 20.0 Å². The summed E-state index contributed by atoms with van der Waals surface area (Å²) in [7, 11) is 0. The van der Waals surface area contributed by atoms with E-state index in [1.807, 2.05) is 51.2 Å². The minimum atomic E-state index is -0.0823. The number of urea groups is 1. The number of carbonyl (C=O) groups is 3. The predicted octanol–water partition coefficient (Wildman–Crippen LogP) is 5.31. The number of anilines is 1. The second kappa shape index (κ2) is 13.1. The monoisotopic (exact) mass is 570 g/mol. The molecular formula is C33H42N6O3. The Hall–Kier alpha value is -4.32. The number of aromatic amines is 1. The molecule has 0 unspecified atom stereocenters. The lowest BCUT2D eigenvalue weighted by Gasteiger charge is -2.40. The number of aryl methyl sites for hydroxylation is 1. The molecule has 1 aromatic heterocycles. The molecule has 9 nitrogen and oxygen atoms in total. The van der Waals surface area contributed by atoms with Crippen LogP contribution < -0.4 is 5.32 Å². The van der Waals surface area contributed by atoms with Gasteiger partial charge in [-0.25, -0.2) is 4.79 Å². The van der Waals surface area contributed by atoms with Crippen LogP contribution in [0.2, 0.25) is 0 Å². The Bertz CT molecular complexity index is 1440. The van der Waals surface area contributed by atoms with Gasteiger partial charge in [-0.1, -0.05) is 45.0 Å². The van der Waals surface area contributed by atoms with Gasteiger partial charge >= 0.3 is 6.03 Å². The normalized spacial score (nSPS) is 15.4. The lowest BCUT2D eigenvalue weighted by molar-refractivity contribution is -0.138. The van der Waals surface area contributed by atoms with Crippen LogP contribution in [0.15, 0.2) is 42.6 Å². The molecule has 0 radical (unpaired) electrons. The van der Waals surface area contributed by atoms with E-state index in [9.17, 15) is 14.4 Å². The summed E-state index contributed by atoms with van der Waals surface area (Å²) in [5.41, 5.74) is 5.05. The van der Waals surface area contributed by atoms with Gasteiger partial charge in [0.2, 0.25) is 11.8 Å². The number of amides is 4. The standard InChI is InChI=1S/C31H40N6O3.C2H2/c1-21-9-10-27-24(17-32-34-27)25(21)19-36(20-31(2,3)4)29(39)12-11-28(38)35-15-13-23(14-16-35)37-18-22-7-5-6-8-26(22)33-30(37)40;1-2/h5-10,17,23H,11-16,18-20H2,1-4H3,(H,32,34)(H,33,40);1-2H. The van der Waals surface area contributed by atoms with Crippen molar-refractivity contribution in [3.63, 3.8) is 0 Å². The molecule has 0 atom stereocenters. The van der Waals surface area contributed by atoms with E-state index in [-0.39, 0.29) is 42.1 Å². The van der Waals surface area contributed by atoms with E-state index in [1.165, 1.54) is 0 Å². The zero-order chi connectivity index (χ0) is 30.4. The second-order valence-corrected chi connectivity index (χ2v) is 12.3. The summed E-state index contributed by atoms with van der Waals surface area (Å²) < 4.78 is 0. The largest absolute Gasteiger partial charge is 0.343 e. The van der Waals surface area contributed by atoms with Crippen molar-refractivity contribution in [3.05, 3.63) is 59.3 Å². The first kappa shape index (κ1) is 30.6. The molecule has 2 aliphatic rings. The number of terminal acetylenes is 1. The van der Waals surface area contributed by atoms with E-state index in [1.54, 1.807) is 0 Å². The number of rotatable bonds is 7. The maximum Gasteiger partial charge on any atom is 0.322 e. The number of nitrogens with one attached hydrogen (secondary N) is 2. The maximum atomic E-state index is 13.5. The zero-order valence-electron chi connectivity index (χ0n) is 25.2. The van der Waals surface area contributed by atoms with Gasteiger partial charge in [0.05, 0.1) is 11.7 Å². The Morgan fingerprint density at radius 3 is 2.50 bits per heavy atom. The fraction of sp³-hybridized carbons (Fsp3) is 0.455. The lowest BCUT2D eigenvalue weighted by Crippen LogP contribution is -2.51. The Morgan fingerprint density at radius 1 is 1.07 bits per heavy atom. The summed E-state index contributed by atoms with van der Waals surface area (Å²) in [4.78, 5) is 44.9. The summed E-state index contributed by atoms with van der Waals surface area (Å²) in [6.45, 7) is 11.3. The van der Waals surface area contributed by atoms with Gasteiger partial charge in [0.15, 0.2) is 0 Å². The number of likely N-dealkylation sites (tertiary alicyclic amines) is 1. The van der Waals surface area contributed by atoms with Crippen molar-refractivity contribution in [2.75, 3.05) is 25.0 Å². The molecule has 2 aliphatic heterocycles. The molecule has 0 bridgehead atoms. The molecule has 42 heavy (non-hydrogen) atoms. The molecule has 2 aromatic carbocycles. The molecule has 3 heterocycles. The fourth-order valence-electron chi connectivity index (χ4n) is 5.86. The topological polar surface area (TPSA) is 102 Å². The van der Waals surface area contributed by atoms with Crippen molar-refractivity contribution in [2.24, 2.45) is 5.41 Å². The van der Waals surface area contributed by atoms with Crippen molar-refractivity contribution in [3.8, 4) is 12.8 Å². The fourth-order valence-corrected chi connectivity index (χ4v) is 5.86. The van der Waals surface area contributed by atoms with Gasteiger partial charge in [-0.15, -0.1) is 12.8 Å². The highest BCUT2D eigenvalue weighted by Gasteiger charge is 2.33. The average Bonchev–Trinajstić information content (AvgIpc) is 3.46. The molecule has 1 fully saturated rings. The highest BCUT2D eigenvalue weighted by molar-refractivity contribution is 5.92. The molecule has 5 rings (SSSR count). The van der Waals surface area contributed by atoms with Gasteiger partial charge in [-0.3, -0.25) is 14.7 Å². The first-order chi connectivity index (χ1) is 20.1. The van der Waals surface area contributed by atoms with Crippen LogP contribution in [0.5, 0.6) is 0 Å². The Kier molecular flexibility index (Phi) is 9.56. The van der Waals surface area contributed by atoms with Gasteiger partial charge in [0.1, 0.15) is 0 Å². The smallest absolute Gasteiger partial charge is 0.322 e. The number of aromatic nitrogens is 2. The van der Waals surface area contributed by atoms with E-state index < -0.39 is 0 Å². The minimum Gasteiger partial charge on any atom is -0.343 e. The van der Waals surface area contributed by atoms with Gasteiger partial charge in [-0.05, 0) is 54.0 Å². The van der Waals surface area contributed by atoms with E-state index in [2.05, 4.69) is 62.1 Å². The number of para-hydroxylation sites is 1. The van der Waals surface area contributed by atoms with Crippen LogP contribution in [0, 0.1) is 25.2 Å². The first-order valence-electron chi connectivity index (χ1n) is 14.5. The van der Waals surface area contributed by atoms with E-state index in [4.69, 9.17) is 0 Å². The zero-order valence-corrected chi connectivity index (χ0v) is 25.2. The molecule has 222 valence electrons. The number of hydrogen-bond donors (Lipinski definition) is 2. The van der Waals surface area contributed by atoms with Gasteiger partial charge in [0.25, 0.3) is 0 Å². The second-order valence-electron chi connectivity index (χ2n) is 12.3. The number of hydrogen-bond acceptors (Lipinski definition) is 4. The molecule has 2 N–H and O–H groups in total. The summed E-state index contributed by atoms with van der Waals surface area (Å²) in [5.74, 6) is -0.00854. The van der Waals surface area contributed by atoms with Crippen molar-refractivity contribution < 1.29 is 14.4 Å². The SMILES string of the molecule is C#C.Cc1ccc2[nH]ncc2c1CN(CC(C)(C)C)C(=O)CCC(=O)N1CCC(N2Cc3ccccc3NC2=O)CC1. The van der Waals surface area contributed by atoms with E-state index in [0.29, 0.717) is 32.7 Å². The van der Waals surface area contributed by atoms with Crippen molar-refractivity contribution in [1.29, 1.82) is 0 Å². The number of piperidine rings is 1. The summed E-state index contributed by atoms with van der Waals surface area (Å²) in [6, 6.07) is 12.0. The predicted molar refractivity (Wildman–Crippen MR) is 165 cm³/mol. The van der Waals surface area contributed by atoms with E-state index in [0.717, 1.165) is 46.1 Å². The maximum absolute atomic E-state index is 13.5. The van der Waals surface area contributed by atoms with Gasteiger partial charge in [0, 0.05) is 62.7 Å². The van der Waals surface area contributed by atoms with Crippen LogP contribution in [-0.4, -0.2) is 68.4 Å². The Morgan fingerprint density at radius 2 is 1.79 bits per heavy atom. The van der Waals surface area contributed by atoms with Crippen LogP contribution in [0.25, 0.3) is 10.9 Å². The third-order valence-corrected chi connectivity index (χ3v) is 8.01. The summed E-state index contributed by atoms with van der Waals surface area (Å²) >= 11 is 0. The van der Waals surface area contributed by atoms with Crippen LogP contribution in [0.3, 0.4) is 0 Å². The van der Waals surface area contributed by atoms with Gasteiger partial charge in [-0.2, -0.15) is 5.10 Å². The summed E-state index contributed by atoms with van der Waals surface area (Å²) in [6.07, 6.45) is 11.7. The molecule has 3 aromatic rings. The highest BCUT2D eigenvalue weighted by Crippen LogP contribution is 2.28. The third kappa shape index (κ3) is 7.11. The van der Waals surface area contributed by atoms with E-state index >= 15 is 0 Å². The first-order valence-corrected chi connectivity index (χ1v) is 14.5. The number of fused-ring (bicyclic) bond motifs is 2. The Balaban J connectivity index is 0.00000198. The molecule has 0 saturated carbocycles. The minimum absolute atomic E-state index is 0.00377. The summed E-state index contributed by atoms with van der Waals surface area (Å²) in [5, 5.41) is 11.2. The third-order valence-electron chi connectivity index (χ3n) is 8.01. The molecule has 0 aliphatic carbocycles. The van der Waals surface area contributed by atoms with Crippen molar-refractivity contribution >= 4 is 34.4 Å². The van der Waals surface area contributed by atoms with Crippen LogP contribution >= 0.6 is 0 Å². The van der Waals surface area contributed by atoms with Crippen molar-refractivity contribution in [1.82, 2.24) is 24.9 Å². The lowest BCUT2D eigenvalue weighted by atomic mass is 9.94.